The molecule has 2 aromatic rings. The molecule has 2 unspecified atom stereocenters. The highest BCUT2D eigenvalue weighted by Gasteiger charge is 2.73. The quantitative estimate of drug-likeness (QED) is 0.824. The monoisotopic (exact) mass is 371 g/mol. The lowest BCUT2D eigenvalue weighted by Crippen LogP contribution is -2.33. The van der Waals surface area contributed by atoms with Crippen molar-refractivity contribution in [2.75, 3.05) is 13.1 Å². The van der Waals surface area contributed by atoms with Gasteiger partial charge in [0.25, 0.3) is 0 Å². The average molecular weight is 372 g/mol. The van der Waals surface area contributed by atoms with Crippen LogP contribution in [0.3, 0.4) is 0 Å². The first kappa shape index (κ1) is 16.6. The van der Waals surface area contributed by atoms with E-state index in [2.05, 4.69) is 6.92 Å². The number of furan rings is 1. The van der Waals surface area contributed by atoms with Crippen molar-refractivity contribution >= 4 is 10.0 Å². The molecule has 2 atom stereocenters. The largest absolute Gasteiger partial charge is 0.468 e. The Kier molecular flexibility index (Phi) is 3.33. The summed E-state index contributed by atoms with van der Waals surface area (Å²) in [6, 6.07) is 7.17. The van der Waals surface area contributed by atoms with Crippen LogP contribution < -0.4 is 0 Å². The minimum Gasteiger partial charge on any atom is -0.468 e. The lowest BCUT2D eigenvalue weighted by Gasteiger charge is -2.21. The fourth-order valence-corrected chi connectivity index (χ4v) is 6.82. The molecule has 0 spiro atoms. The molecule has 0 bridgehead atoms. The zero-order valence-corrected chi connectivity index (χ0v) is 16.2. The van der Waals surface area contributed by atoms with E-state index in [1.807, 2.05) is 25.3 Å². The maximum absolute atomic E-state index is 13.1. The van der Waals surface area contributed by atoms with E-state index in [9.17, 15) is 8.42 Å². The Morgan fingerprint density at radius 1 is 1.08 bits per heavy atom. The van der Waals surface area contributed by atoms with Gasteiger partial charge in [0.05, 0.1) is 11.2 Å². The number of fused-ring (bicyclic) bond motifs is 2. The van der Waals surface area contributed by atoms with Crippen molar-refractivity contribution < 1.29 is 12.8 Å². The second-order valence-corrected chi connectivity index (χ2v) is 10.6. The zero-order valence-electron chi connectivity index (χ0n) is 15.4. The van der Waals surface area contributed by atoms with Crippen LogP contribution >= 0.6 is 0 Å². The molecule has 2 heterocycles. The molecule has 0 radical (unpaired) electrons. The van der Waals surface area contributed by atoms with Crippen molar-refractivity contribution in [2.45, 2.75) is 56.3 Å². The Morgan fingerprint density at radius 2 is 1.81 bits per heavy atom. The third-order valence-corrected chi connectivity index (χ3v) is 8.70. The maximum atomic E-state index is 13.1. The van der Waals surface area contributed by atoms with Crippen molar-refractivity contribution in [3.8, 4) is 0 Å². The van der Waals surface area contributed by atoms with Crippen LogP contribution in [0.25, 0.3) is 0 Å². The van der Waals surface area contributed by atoms with Crippen LogP contribution in [0.1, 0.15) is 48.6 Å². The van der Waals surface area contributed by atoms with Gasteiger partial charge >= 0.3 is 0 Å². The summed E-state index contributed by atoms with van der Waals surface area (Å²) in [7, 11) is -3.45. The third kappa shape index (κ3) is 2.13. The predicted molar refractivity (Wildman–Crippen MR) is 99.7 cm³/mol. The summed E-state index contributed by atoms with van der Waals surface area (Å²) >= 11 is 0. The molecule has 1 aromatic heterocycles. The Labute approximate surface area is 155 Å². The van der Waals surface area contributed by atoms with Gasteiger partial charge in [0.2, 0.25) is 10.0 Å². The number of hydrogen-bond acceptors (Lipinski definition) is 3. The smallest absolute Gasteiger partial charge is 0.243 e. The number of sulfonamides is 1. The van der Waals surface area contributed by atoms with Gasteiger partial charge in [0.15, 0.2) is 0 Å². The van der Waals surface area contributed by atoms with Gasteiger partial charge in [-0.15, -0.1) is 0 Å². The molecule has 0 N–H and O–H groups in total. The minimum atomic E-state index is -3.45. The topological polar surface area (TPSA) is 50.5 Å². The van der Waals surface area contributed by atoms with E-state index in [1.165, 1.54) is 24.0 Å². The second kappa shape index (κ2) is 5.23. The van der Waals surface area contributed by atoms with Gasteiger partial charge in [0, 0.05) is 18.5 Å². The second-order valence-electron chi connectivity index (χ2n) is 8.68. The Hall–Kier alpha value is -1.59. The van der Waals surface area contributed by atoms with Crippen LogP contribution in [-0.2, 0) is 28.3 Å². The van der Waals surface area contributed by atoms with Gasteiger partial charge in [-0.05, 0) is 67.7 Å². The van der Waals surface area contributed by atoms with Crippen LogP contribution in [-0.4, -0.2) is 25.8 Å². The van der Waals surface area contributed by atoms with E-state index in [0.717, 1.165) is 30.6 Å². The number of nitrogens with zero attached hydrogens (tertiary/aromatic N) is 1. The number of hydrogen-bond donors (Lipinski definition) is 0. The highest BCUT2D eigenvalue weighted by molar-refractivity contribution is 7.89. The van der Waals surface area contributed by atoms with Crippen LogP contribution in [0.15, 0.2) is 39.8 Å². The molecular weight excluding hydrogens is 346 g/mol. The Morgan fingerprint density at radius 3 is 2.58 bits per heavy atom. The summed E-state index contributed by atoms with van der Waals surface area (Å²) in [6.07, 6.45) is 7.55. The van der Waals surface area contributed by atoms with Gasteiger partial charge < -0.3 is 4.42 Å². The SMILES string of the molecule is Cc1ccc(S(=O)(=O)N2CC3(C)CC3(c3occ4c3CCCC4)C2)cc1. The molecule has 0 amide bonds. The lowest BCUT2D eigenvalue weighted by atomic mass is 9.86. The molecule has 5 rings (SSSR count). The lowest BCUT2D eigenvalue weighted by molar-refractivity contribution is 0.398. The highest BCUT2D eigenvalue weighted by Crippen LogP contribution is 2.70. The number of benzene rings is 1. The molecule has 138 valence electrons. The van der Waals surface area contributed by atoms with E-state index in [-0.39, 0.29) is 10.8 Å². The van der Waals surface area contributed by atoms with E-state index in [1.54, 1.807) is 16.4 Å². The molecule has 2 fully saturated rings. The van der Waals surface area contributed by atoms with E-state index >= 15 is 0 Å². The molecular formula is C21H25NO3S. The molecule has 1 saturated heterocycles. The molecule has 26 heavy (non-hydrogen) atoms. The summed E-state index contributed by atoms with van der Waals surface area (Å²) in [6.45, 7) is 5.31. The number of aryl methyl sites for hydroxylation is 2. The molecule has 3 aliphatic rings. The van der Waals surface area contributed by atoms with Crippen molar-refractivity contribution in [3.63, 3.8) is 0 Å². The predicted octanol–water partition coefficient (Wildman–Crippen LogP) is 3.82. The van der Waals surface area contributed by atoms with Gasteiger partial charge in [-0.2, -0.15) is 4.31 Å². The van der Waals surface area contributed by atoms with Crippen LogP contribution in [0.4, 0.5) is 0 Å². The standard InChI is InChI=1S/C21H25NO3S/c1-15-7-9-17(10-8-15)26(23,24)22-13-20(2)12-21(20,14-22)19-18-6-4-3-5-16(18)11-25-19/h7-11H,3-6,12-14H2,1-2H3. The summed E-state index contributed by atoms with van der Waals surface area (Å²) in [5.74, 6) is 1.08. The van der Waals surface area contributed by atoms with Gasteiger partial charge in [-0.1, -0.05) is 24.6 Å². The zero-order chi connectivity index (χ0) is 18.2. The Balaban J connectivity index is 1.50. The molecule has 2 aliphatic carbocycles. The van der Waals surface area contributed by atoms with Gasteiger partial charge in [0.1, 0.15) is 5.76 Å². The summed E-state index contributed by atoms with van der Waals surface area (Å²) in [4.78, 5) is 0.393. The first-order valence-corrected chi connectivity index (χ1v) is 11.0. The van der Waals surface area contributed by atoms with Crippen molar-refractivity contribution in [3.05, 3.63) is 53.0 Å². The molecule has 5 heteroatoms. The molecule has 1 aliphatic heterocycles. The van der Waals surface area contributed by atoms with Crippen LogP contribution in [0.5, 0.6) is 0 Å². The first-order valence-electron chi connectivity index (χ1n) is 9.52. The fraction of sp³-hybridized carbons (Fsp3) is 0.524. The third-order valence-electron chi connectivity index (χ3n) is 6.89. The summed E-state index contributed by atoms with van der Waals surface area (Å²) in [5, 5.41) is 0. The average Bonchev–Trinajstić information content (AvgIpc) is 2.94. The van der Waals surface area contributed by atoms with E-state index in [0.29, 0.717) is 18.0 Å². The number of rotatable bonds is 3. The fourth-order valence-electron chi connectivity index (χ4n) is 5.20. The Bertz CT molecular complexity index is 975. The maximum Gasteiger partial charge on any atom is 0.243 e. The van der Waals surface area contributed by atoms with Gasteiger partial charge in [-0.3, -0.25) is 0 Å². The summed E-state index contributed by atoms with van der Waals surface area (Å²) < 4.78 is 34.1. The van der Waals surface area contributed by atoms with Crippen molar-refractivity contribution in [1.82, 2.24) is 4.31 Å². The van der Waals surface area contributed by atoms with Crippen LogP contribution in [0, 0.1) is 12.3 Å². The molecule has 1 aromatic carbocycles. The number of piperidine rings is 1. The van der Waals surface area contributed by atoms with E-state index < -0.39 is 10.0 Å². The van der Waals surface area contributed by atoms with E-state index in [4.69, 9.17) is 4.42 Å². The van der Waals surface area contributed by atoms with Crippen molar-refractivity contribution in [1.29, 1.82) is 0 Å². The minimum absolute atomic E-state index is 0.00611. The van der Waals surface area contributed by atoms with Crippen molar-refractivity contribution in [2.24, 2.45) is 5.41 Å². The summed E-state index contributed by atoms with van der Waals surface area (Å²) in [5.41, 5.74) is 3.65. The highest BCUT2D eigenvalue weighted by atomic mass is 32.2. The van der Waals surface area contributed by atoms with Crippen LogP contribution in [0.2, 0.25) is 0 Å². The van der Waals surface area contributed by atoms with Gasteiger partial charge in [-0.25, -0.2) is 8.42 Å². The first-order chi connectivity index (χ1) is 12.4. The molecule has 4 nitrogen and oxygen atoms in total. The molecule has 1 saturated carbocycles. The normalized spacial score (nSPS) is 30.8.